The number of hydrogen-bond acceptors (Lipinski definition) is 3. The number of benzene rings is 1. The molecule has 0 spiro atoms. The van der Waals surface area contributed by atoms with Crippen LogP contribution in [-0.2, 0) is 10.2 Å². The largest absolute Gasteiger partial charge is 0.444 e. The van der Waals surface area contributed by atoms with Crippen LogP contribution in [0.1, 0.15) is 46.6 Å². The Labute approximate surface area is 137 Å². The van der Waals surface area contributed by atoms with E-state index < -0.39 is 11.7 Å². The summed E-state index contributed by atoms with van der Waals surface area (Å²) in [6.07, 6.45) is 0.501. The van der Waals surface area contributed by atoms with Gasteiger partial charge in [0, 0.05) is 22.7 Å². The van der Waals surface area contributed by atoms with Crippen LogP contribution in [-0.4, -0.2) is 18.2 Å². The molecule has 5 heteroatoms. The van der Waals surface area contributed by atoms with Gasteiger partial charge in [0.15, 0.2) is 0 Å². The average Bonchev–Trinajstić information content (AvgIpc) is 2.92. The summed E-state index contributed by atoms with van der Waals surface area (Å²) >= 11 is 6.16. The van der Waals surface area contributed by atoms with Gasteiger partial charge in [-0.05, 0) is 56.4 Å². The molecule has 0 radical (unpaired) electrons. The zero-order chi connectivity index (χ0) is 16.8. The minimum Gasteiger partial charge on any atom is -0.444 e. The van der Waals surface area contributed by atoms with Crippen molar-refractivity contribution < 1.29 is 9.53 Å². The zero-order valence-electron chi connectivity index (χ0n) is 13.9. The Morgan fingerprint density at radius 2 is 2.00 bits per heavy atom. The second kappa shape index (κ2) is 5.43. The first-order chi connectivity index (χ1) is 10.0. The summed E-state index contributed by atoms with van der Waals surface area (Å²) < 4.78 is 5.33. The molecule has 0 saturated heterocycles. The Morgan fingerprint density at radius 3 is 2.45 bits per heavy atom. The second-order valence-electron chi connectivity index (χ2n) is 7.66. The van der Waals surface area contributed by atoms with Crippen molar-refractivity contribution in [2.45, 2.75) is 52.1 Å². The molecule has 1 atom stereocenters. The lowest BCUT2D eigenvalue weighted by Crippen LogP contribution is -2.30. The molecule has 0 heterocycles. The standard InChI is InChI=1S/C17H25ClN2O2/c1-15(2,3)22-14(21)20-13-7-6-11(18)8-12(13)17(10-19)9-16(17,4)5/h6-8H,9-10,19H2,1-5H3,(H,20,21). The Morgan fingerprint density at radius 1 is 1.41 bits per heavy atom. The molecule has 0 aliphatic heterocycles. The third-order valence-electron chi connectivity index (χ3n) is 4.40. The highest BCUT2D eigenvalue weighted by Crippen LogP contribution is 2.65. The van der Waals surface area contributed by atoms with Gasteiger partial charge in [-0.25, -0.2) is 4.79 Å². The summed E-state index contributed by atoms with van der Waals surface area (Å²) in [5.74, 6) is 0. The van der Waals surface area contributed by atoms with Crippen molar-refractivity contribution in [2.24, 2.45) is 11.1 Å². The fourth-order valence-corrected chi connectivity index (χ4v) is 3.24. The summed E-state index contributed by atoms with van der Waals surface area (Å²) in [6, 6.07) is 5.47. The summed E-state index contributed by atoms with van der Waals surface area (Å²) in [7, 11) is 0. The molecular formula is C17H25ClN2O2. The predicted molar refractivity (Wildman–Crippen MR) is 90.4 cm³/mol. The van der Waals surface area contributed by atoms with Gasteiger partial charge in [-0.15, -0.1) is 0 Å². The molecule has 1 aromatic rings. The Balaban J connectivity index is 2.32. The molecule has 1 unspecified atom stereocenters. The van der Waals surface area contributed by atoms with Crippen LogP contribution >= 0.6 is 11.6 Å². The molecule has 1 fully saturated rings. The topological polar surface area (TPSA) is 64.3 Å². The van der Waals surface area contributed by atoms with E-state index in [0.29, 0.717) is 11.6 Å². The maximum Gasteiger partial charge on any atom is 0.412 e. The quantitative estimate of drug-likeness (QED) is 0.870. The van der Waals surface area contributed by atoms with Crippen molar-refractivity contribution in [3.63, 3.8) is 0 Å². The number of rotatable bonds is 3. The lowest BCUT2D eigenvalue weighted by atomic mass is 9.87. The monoisotopic (exact) mass is 324 g/mol. The number of nitrogens with one attached hydrogen (secondary N) is 1. The van der Waals surface area contributed by atoms with Gasteiger partial charge in [-0.3, -0.25) is 5.32 Å². The van der Waals surface area contributed by atoms with E-state index in [1.165, 1.54) is 0 Å². The average molecular weight is 325 g/mol. The van der Waals surface area contributed by atoms with Crippen LogP contribution in [0.2, 0.25) is 5.02 Å². The molecule has 0 aromatic heterocycles. The summed E-state index contributed by atoms with van der Waals surface area (Å²) in [5.41, 5.74) is 7.15. The maximum atomic E-state index is 12.1. The van der Waals surface area contributed by atoms with Crippen LogP contribution in [0.4, 0.5) is 10.5 Å². The lowest BCUT2D eigenvalue weighted by Gasteiger charge is -2.24. The first-order valence-electron chi connectivity index (χ1n) is 7.51. The number of carbonyl (C=O) groups excluding carboxylic acids is 1. The Bertz CT molecular complexity index is 593. The van der Waals surface area contributed by atoms with Crippen LogP contribution in [0.25, 0.3) is 0 Å². The molecule has 2 rings (SSSR count). The highest BCUT2D eigenvalue weighted by atomic mass is 35.5. The lowest BCUT2D eigenvalue weighted by molar-refractivity contribution is 0.0635. The summed E-state index contributed by atoms with van der Waals surface area (Å²) in [6.45, 7) is 10.4. The molecule has 22 heavy (non-hydrogen) atoms. The number of halogens is 1. The summed E-state index contributed by atoms with van der Waals surface area (Å²) in [5, 5.41) is 3.48. The number of carbonyl (C=O) groups is 1. The van der Waals surface area contributed by atoms with Crippen molar-refractivity contribution in [3.05, 3.63) is 28.8 Å². The molecule has 1 amide bonds. The third-order valence-corrected chi connectivity index (χ3v) is 4.63. The molecule has 1 aromatic carbocycles. The van der Waals surface area contributed by atoms with Gasteiger partial charge in [-0.2, -0.15) is 0 Å². The highest BCUT2D eigenvalue weighted by molar-refractivity contribution is 6.30. The van der Waals surface area contributed by atoms with E-state index >= 15 is 0 Å². The maximum absolute atomic E-state index is 12.1. The second-order valence-corrected chi connectivity index (χ2v) is 8.10. The van der Waals surface area contributed by atoms with Crippen LogP contribution in [0.15, 0.2) is 18.2 Å². The highest BCUT2D eigenvalue weighted by Gasteiger charge is 2.61. The van der Waals surface area contributed by atoms with E-state index in [4.69, 9.17) is 22.1 Å². The first-order valence-corrected chi connectivity index (χ1v) is 7.89. The van der Waals surface area contributed by atoms with Crippen molar-refractivity contribution in [3.8, 4) is 0 Å². The van der Waals surface area contributed by atoms with Crippen molar-refractivity contribution >= 4 is 23.4 Å². The van der Waals surface area contributed by atoms with Gasteiger partial charge < -0.3 is 10.5 Å². The van der Waals surface area contributed by atoms with Crippen LogP contribution in [0.3, 0.4) is 0 Å². The number of amides is 1. The first kappa shape index (κ1) is 17.1. The normalized spacial score (nSPS) is 23.0. The molecule has 1 aliphatic carbocycles. The predicted octanol–water partition coefficient (Wildman–Crippen LogP) is 4.31. The van der Waals surface area contributed by atoms with E-state index in [2.05, 4.69) is 19.2 Å². The zero-order valence-corrected chi connectivity index (χ0v) is 14.7. The molecule has 0 bridgehead atoms. The van der Waals surface area contributed by atoms with E-state index in [-0.39, 0.29) is 10.8 Å². The molecule has 1 aliphatic rings. The van der Waals surface area contributed by atoms with Crippen LogP contribution in [0.5, 0.6) is 0 Å². The van der Waals surface area contributed by atoms with Gasteiger partial charge in [0.25, 0.3) is 0 Å². The molecular weight excluding hydrogens is 300 g/mol. The van der Waals surface area contributed by atoms with Crippen LogP contribution in [0, 0.1) is 5.41 Å². The number of ether oxygens (including phenoxy) is 1. The van der Waals surface area contributed by atoms with Gasteiger partial charge >= 0.3 is 6.09 Å². The number of nitrogens with two attached hydrogens (primary N) is 1. The van der Waals surface area contributed by atoms with E-state index in [0.717, 1.165) is 17.7 Å². The van der Waals surface area contributed by atoms with Gasteiger partial charge in [0.05, 0.1) is 0 Å². The smallest absolute Gasteiger partial charge is 0.412 e. The van der Waals surface area contributed by atoms with Gasteiger partial charge in [0.1, 0.15) is 5.60 Å². The van der Waals surface area contributed by atoms with E-state index in [1.807, 2.05) is 32.9 Å². The van der Waals surface area contributed by atoms with Crippen molar-refractivity contribution in [2.75, 3.05) is 11.9 Å². The Hall–Kier alpha value is -1.26. The van der Waals surface area contributed by atoms with Crippen molar-refractivity contribution in [1.29, 1.82) is 0 Å². The molecule has 122 valence electrons. The van der Waals surface area contributed by atoms with E-state index in [1.54, 1.807) is 6.07 Å². The van der Waals surface area contributed by atoms with Crippen molar-refractivity contribution in [1.82, 2.24) is 0 Å². The fraction of sp³-hybridized carbons (Fsp3) is 0.588. The van der Waals surface area contributed by atoms with Crippen LogP contribution < -0.4 is 11.1 Å². The Kier molecular flexibility index (Phi) is 4.22. The van der Waals surface area contributed by atoms with Gasteiger partial charge in [-0.1, -0.05) is 25.4 Å². The number of anilines is 1. The number of hydrogen-bond donors (Lipinski definition) is 2. The van der Waals surface area contributed by atoms with Gasteiger partial charge in [0.2, 0.25) is 0 Å². The minimum absolute atomic E-state index is 0.0940. The third kappa shape index (κ3) is 3.23. The van der Waals surface area contributed by atoms with E-state index in [9.17, 15) is 4.79 Å². The molecule has 4 nitrogen and oxygen atoms in total. The summed E-state index contributed by atoms with van der Waals surface area (Å²) in [4.78, 5) is 12.1. The SMILES string of the molecule is CC(C)(C)OC(=O)Nc1ccc(Cl)cc1C1(CN)CC1(C)C. The molecule has 1 saturated carbocycles. The fourth-order valence-electron chi connectivity index (χ4n) is 3.06. The minimum atomic E-state index is -0.541. The molecule has 3 N–H and O–H groups in total.